The molecule has 2 fully saturated rings. The maximum atomic E-state index is 9.50. The van der Waals surface area contributed by atoms with Gasteiger partial charge < -0.3 is 10.4 Å². The van der Waals surface area contributed by atoms with Crippen LogP contribution in [0.4, 0.5) is 0 Å². The van der Waals surface area contributed by atoms with Gasteiger partial charge in [-0.2, -0.15) is 0 Å². The molecule has 1 unspecified atom stereocenters. The minimum absolute atomic E-state index is 0.169. The van der Waals surface area contributed by atoms with Crippen LogP contribution in [-0.2, 0) is 6.54 Å². The molecule has 1 aromatic rings. The first-order valence-electron chi connectivity index (χ1n) is 7.67. The number of phenolic OH excluding ortho intramolecular Hbond substituents is 1. The fourth-order valence-electron chi connectivity index (χ4n) is 3.03. The molecule has 0 aromatic heterocycles. The van der Waals surface area contributed by atoms with Crippen LogP contribution >= 0.6 is 11.6 Å². The highest BCUT2D eigenvalue weighted by Crippen LogP contribution is 2.30. The van der Waals surface area contributed by atoms with E-state index in [2.05, 4.69) is 10.2 Å². The number of hydrogen-bond donors (Lipinski definition) is 2. The zero-order valence-electron chi connectivity index (χ0n) is 11.8. The maximum Gasteiger partial charge on any atom is 0.134 e. The van der Waals surface area contributed by atoms with Gasteiger partial charge >= 0.3 is 0 Å². The van der Waals surface area contributed by atoms with Crippen LogP contribution < -0.4 is 5.32 Å². The average Bonchev–Trinajstić information content (AvgIpc) is 3.28. The van der Waals surface area contributed by atoms with E-state index in [0.29, 0.717) is 11.1 Å². The lowest BCUT2D eigenvalue weighted by atomic mass is 10.0. The van der Waals surface area contributed by atoms with Crippen molar-refractivity contribution >= 4 is 11.6 Å². The molecule has 0 bridgehead atoms. The topological polar surface area (TPSA) is 35.5 Å². The van der Waals surface area contributed by atoms with Crippen molar-refractivity contribution < 1.29 is 5.11 Å². The van der Waals surface area contributed by atoms with Crippen molar-refractivity contribution in [3.05, 3.63) is 28.8 Å². The Balaban J connectivity index is 1.62. The van der Waals surface area contributed by atoms with Crippen LogP contribution in [0.1, 0.15) is 37.7 Å². The van der Waals surface area contributed by atoms with Crippen molar-refractivity contribution in [1.29, 1.82) is 0 Å². The summed E-state index contributed by atoms with van der Waals surface area (Å²) in [6.07, 6.45) is 6.59. The van der Waals surface area contributed by atoms with Gasteiger partial charge in [-0.3, -0.25) is 4.90 Å². The van der Waals surface area contributed by atoms with Gasteiger partial charge in [-0.15, -0.1) is 0 Å². The van der Waals surface area contributed by atoms with E-state index in [-0.39, 0.29) is 5.75 Å². The van der Waals surface area contributed by atoms with Crippen LogP contribution in [0.15, 0.2) is 18.2 Å². The molecule has 3 nitrogen and oxygen atoms in total. The van der Waals surface area contributed by atoms with Crippen molar-refractivity contribution in [1.82, 2.24) is 10.2 Å². The van der Waals surface area contributed by atoms with Gasteiger partial charge in [0.25, 0.3) is 0 Å². The predicted octanol–water partition coefficient (Wildman–Crippen LogP) is 3.15. The molecule has 2 aliphatic rings. The molecule has 3 rings (SSSR count). The minimum atomic E-state index is 0.169. The number of halogens is 1. The Labute approximate surface area is 125 Å². The molecule has 0 spiro atoms. The smallest absolute Gasteiger partial charge is 0.134 e. The van der Waals surface area contributed by atoms with Gasteiger partial charge in [-0.05, 0) is 49.9 Å². The Morgan fingerprint density at radius 2 is 2.10 bits per heavy atom. The van der Waals surface area contributed by atoms with Crippen LogP contribution in [-0.4, -0.2) is 35.2 Å². The van der Waals surface area contributed by atoms with E-state index in [0.717, 1.165) is 25.7 Å². The predicted molar refractivity (Wildman–Crippen MR) is 82.2 cm³/mol. The third kappa shape index (κ3) is 3.66. The Kier molecular flexibility index (Phi) is 4.49. The Morgan fingerprint density at radius 1 is 1.25 bits per heavy atom. The fraction of sp³-hybridized carbons (Fsp3) is 0.625. The van der Waals surface area contributed by atoms with Crippen molar-refractivity contribution in [2.45, 2.75) is 50.7 Å². The number of aromatic hydroxyl groups is 1. The lowest BCUT2D eigenvalue weighted by Crippen LogP contribution is -2.44. The van der Waals surface area contributed by atoms with E-state index in [9.17, 15) is 5.11 Å². The molecule has 110 valence electrons. The second kappa shape index (κ2) is 6.33. The quantitative estimate of drug-likeness (QED) is 0.876. The number of rotatable bonds is 5. The molecular formula is C16H23ClN2O. The molecule has 2 N–H and O–H groups in total. The number of hydrogen-bond acceptors (Lipinski definition) is 3. The lowest BCUT2D eigenvalue weighted by molar-refractivity contribution is 0.208. The third-order valence-corrected chi connectivity index (χ3v) is 4.63. The average molecular weight is 295 g/mol. The van der Waals surface area contributed by atoms with E-state index in [1.54, 1.807) is 6.07 Å². The lowest BCUT2D eigenvalue weighted by Gasteiger charge is -2.30. The molecule has 1 saturated carbocycles. The van der Waals surface area contributed by atoms with E-state index < -0.39 is 0 Å². The van der Waals surface area contributed by atoms with Gasteiger partial charge in [0.05, 0.1) is 5.02 Å². The van der Waals surface area contributed by atoms with E-state index in [1.165, 1.54) is 37.7 Å². The summed E-state index contributed by atoms with van der Waals surface area (Å²) >= 11 is 6.00. The molecule has 4 heteroatoms. The third-order valence-electron chi connectivity index (χ3n) is 4.33. The van der Waals surface area contributed by atoms with E-state index in [4.69, 9.17) is 11.6 Å². The first kappa shape index (κ1) is 14.2. The SMILES string of the molecule is Oc1ccc(CN(CC2CCCCN2)C2CC2)cc1Cl. The molecule has 0 amide bonds. The van der Waals surface area contributed by atoms with Gasteiger partial charge in [0.2, 0.25) is 0 Å². The normalized spacial score (nSPS) is 23.2. The van der Waals surface area contributed by atoms with Gasteiger partial charge in [0, 0.05) is 25.2 Å². The summed E-state index contributed by atoms with van der Waals surface area (Å²) in [6, 6.07) is 6.94. The zero-order valence-corrected chi connectivity index (χ0v) is 12.6. The molecule has 1 aliphatic heterocycles. The number of nitrogens with zero attached hydrogens (tertiary/aromatic N) is 1. The monoisotopic (exact) mass is 294 g/mol. The second-order valence-electron chi connectivity index (χ2n) is 6.09. The molecule has 1 aliphatic carbocycles. The molecule has 1 heterocycles. The first-order chi connectivity index (χ1) is 9.72. The van der Waals surface area contributed by atoms with Gasteiger partial charge in [0.15, 0.2) is 0 Å². The van der Waals surface area contributed by atoms with Crippen LogP contribution in [0.3, 0.4) is 0 Å². The number of benzene rings is 1. The van der Waals surface area contributed by atoms with Crippen molar-refractivity contribution in [3.8, 4) is 5.75 Å². The highest BCUT2D eigenvalue weighted by atomic mass is 35.5. The Hall–Kier alpha value is -0.770. The first-order valence-corrected chi connectivity index (χ1v) is 8.05. The summed E-state index contributed by atoms with van der Waals surface area (Å²) in [5.41, 5.74) is 1.19. The van der Waals surface area contributed by atoms with E-state index >= 15 is 0 Å². The molecule has 0 radical (unpaired) electrons. The number of phenols is 1. The molecule has 1 aromatic carbocycles. The summed E-state index contributed by atoms with van der Waals surface area (Å²) in [5, 5.41) is 13.6. The molecule has 20 heavy (non-hydrogen) atoms. The van der Waals surface area contributed by atoms with Crippen LogP contribution in [0.5, 0.6) is 5.75 Å². The Morgan fingerprint density at radius 3 is 2.75 bits per heavy atom. The van der Waals surface area contributed by atoms with Crippen LogP contribution in [0, 0.1) is 0 Å². The van der Waals surface area contributed by atoms with Crippen molar-refractivity contribution in [2.75, 3.05) is 13.1 Å². The van der Waals surface area contributed by atoms with Gasteiger partial charge in [0.1, 0.15) is 5.75 Å². The standard InChI is InChI=1S/C16H23ClN2O/c17-15-9-12(4-7-16(15)20)10-19(14-5-6-14)11-13-3-1-2-8-18-13/h4,7,9,13-14,18,20H,1-3,5-6,8,10-11H2. The molecular weight excluding hydrogens is 272 g/mol. The maximum absolute atomic E-state index is 9.50. The summed E-state index contributed by atoms with van der Waals surface area (Å²) < 4.78 is 0. The number of piperidine rings is 1. The highest BCUT2D eigenvalue weighted by molar-refractivity contribution is 6.32. The Bertz CT molecular complexity index is 456. The summed E-state index contributed by atoms with van der Waals surface area (Å²) in [4.78, 5) is 2.58. The van der Waals surface area contributed by atoms with Crippen LogP contribution in [0.25, 0.3) is 0 Å². The zero-order chi connectivity index (χ0) is 13.9. The summed E-state index contributed by atoms with van der Waals surface area (Å²) in [5.74, 6) is 0.169. The molecule has 1 atom stereocenters. The minimum Gasteiger partial charge on any atom is -0.506 e. The number of nitrogens with one attached hydrogen (secondary N) is 1. The molecule has 1 saturated heterocycles. The van der Waals surface area contributed by atoms with Crippen molar-refractivity contribution in [3.63, 3.8) is 0 Å². The van der Waals surface area contributed by atoms with Gasteiger partial charge in [-0.1, -0.05) is 24.1 Å². The van der Waals surface area contributed by atoms with Crippen molar-refractivity contribution in [2.24, 2.45) is 0 Å². The van der Waals surface area contributed by atoms with Gasteiger partial charge in [-0.25, -0.2) is 0 Å². The fourth-order valence-corrected chi connectivity index (χ4v) is 3.23. The highest BCUT2D eigenvalue weighted by Gasteiger charge is 2.30. The largest absolute Gasteiger partial charge is 0.506 e. The summed E-state index contributed by atoms with van der Waals surface area (Å²) in [6.45, 7) is 3.22. The summed E-state index contributed by atoms with van der Waals surface area (Å²) in [7, 11) is 0. The second-order valence-corrected chi connectivity index (χ2v) is 6.50. The van der Waals surface area contributed by atoms with Crippen LogP contribution in [0.2, 0.25) is 5.02 Å². The van der Waals surface area contributed by atoms with E-state index in [1.807, 2.05) is 12.1 Å².